The van der Waals surface area contributed by atoms with Crippen molar-refractivity contribution in [2.24, 2.45) is 5.73 Å². The molecule has 1 aromatic rings. The summed E-state index contributed by atoms with van der Waals surface area (Å²) < 4.78 is 37.5. The third-order valence-corrected chi connectivity index (χ3v) is 3.06. The van der Waals surface area contributed by atoms with Gasteiger partial charge in [0.05, 0.1) is 11.4 Å². The summed E-state index contributed by atoms with van der Waals surface area (Å²) in [6, 6.07) is 3.45. The van der Waals surface area contributed by atoms with E-state index in [2.05, 4.69) is 4.72 Å². The van der Waals surface area contributed by atoms with Crippen LogP contribution in [0.4, 0.5) is 10.1 Å². The molecule has 0 radical (unpaired) electrons. The SMILES string of the molecule is NCCS(=O)(=O)Nc1cc(F)cc(Cl)c1. The van der Waals surface area contributed by atoms with Crippen LogP contribution in [0.25, 0.3) is 0 Å². The van der Waals surface area contributed by atoms with E-state index in [1.165, 1.54) is 6.07 Å². The fourth-order valence-corrected chi connectivity index (χ4v) is 2.11. The van der Waals surface area contributed by atoms with Gasteiger partial charge in [0.25, 0.3) is 0 Å². The summed E-state index contributed by atoms with van der Waals surface area (Å²) in [7, 11) is -3.52. The average Bonchev–Trinajstić information content (AvgIpc) is 1.99. The Morgan fingerprint density at radius 2 is 2.07 bits per heavy atom. The molecule has 3 N–H and O–H groups in total. The summed E-state index contributed by atoms with van der Waals surface area (Å²) in [5, 5.41) is 0.125. The average molecular weight is 253 g/mol. The minimum absolute atomic E-state index is 0.00161. The standard InChI is InChI=1S/C8H10ClFN2O2S/c9-6-3-7(10)5-8(4-6)12-15(13,14)2-1-11/h3-5,12H,1-2,11H2. The number of hydrogen-bond donors (Lipinski definition) is 2. The van der Waals surface area contributed by atoms with Crippen molar-refractivity contribution in [3.05, 3.63) is 29.0 Å². The van der Waals surface area contributed by atoms with Crippen LogP contribution in [0.1, 0.15) is 0 Å². The lowest BCUT2D eigenvalue weighted by atomic mass is 10.3. The van der Waals surface area contributed by atoms with Gasteiger partial charge in [0.15, 0.2) is 0 Å². The van der Waals surface area contributed by atoms with Gasteiger partial charge in [0, 0.05) is 11.6 Å². The van der Waals surface area contributed by atoms with E-state index in [0.29, 0.717) is 0 Å². The molecule has 0 atom stereocenters. The van der Waals surface area contributed by atoms with Crippen LogP contribution in [0.2, 0.25) is 5.02 Å². The normalized spacial score (nSPS) is 11.4. The number of nitrogens with one attached hydrogen (secondary N) is 1. The van der Waals surface area contributed by atoms with Crippen LogP contribution < -0.4 is 10.5 Å². The van der Waals surface area contributed by atoms with E-state index in [1.54, 1.807) is 0 Å². The first-order valence-corrected chi connectivity index (χ1v) is 6.12. The molecule has 1 aromatic carbocycles. The minimum atomic E-state index is -3.52. The Kier molecular flexibility index (Phi) is 3.90. The largest absolute Gasteiger partial charge is 0.329 e. The van der Waals surface area contributed by atoms with Crippen molar-refractivity contribution in [3.63, 3.8) is 0 Å². The molecule has 0 aliphatic carbocycles. The summed E-state index contributed by atoms with van der Waals surface area (Å²) in [6.45, 7) is -0.00161. The summed E-state index contributed by atoms with van der Waals surface area (Å²) >= 11 is 5.56. The van der Waals surface area contributed by atoms with Crippen LogP contribution in [0.5, 0.6) is 0 Å². The van der Waals surface area contributed by atoms with E-state index in [-0.39, 0.29) is 23.0 Å². The monoisotopic (exact) mass is 252 g/mol. The Morgan fingerprint density at radius 1 is 1.40 bits per heavy atom. The summed E-state index contributed by atoms with van der Waals surface area (Å²) in [4.78, 5) is 0. The quantitative estimate of drug-likeness (QED) is 0.845. The van der Waals surface area contributed by atoms with Crippen molar-refractivity contribution >= 4 is 27.3 Å². The molecule has 0 bridgehead atoms. The molecule has 0 amide bonds. The van der Waals surface area contributed by atoms with Gasteiger partial charge in [-0.1, -0.05) is 11.6 Å². The van der Waals surface area contributed by atoms with Crippen molar-refractivity contribution in [1.29, 1.82) is 0 Å². The summed E-state index contributed by atoms with van der Waals surface area (Å²) in [5.41, 5.74) is 5.20. The van der Waals surface area contributed by atoms with Crippen LogP contribution in [-0.4, -0.2) is 20.7 Å². The van der Waals surface area contributed by atoms with Crippen LogP contribution in [0.15, 0.2) is 18.2 Å². The summed E-state index contributed by atoms with van der Waals surface area (Å²) in [5.74, 6) is -0.825. The van der Waals surface area contributed by atoms with E-state index in [9.17, 15) is 12.8 Å². The fourth-order valence-electron chi connectivity index (χ4n) is 0.998. The van der Waals surface area contributed by atoms with Gasteiger partial charge < -0.3 is 5.73 Å². The number of halogens is 2. The van der Waals surface area contributed by atoms with Crippen molar-refractivity contribution in [1.82, 2.24) is 0 Å². The Balaban J connectivity index is 2.90. The van der Waals surface area contributed by atoms with Gasteiger partial charge in [0.2, 0.25) is 10.0 Å². The van der Waals surface area contributed by atoms with Gasteiger partial charge in [-0.25, -0.2) is 12.8 Å². The zero-order valence-electron chi connectivity index (χ0n) is 7.70. The highest BCUT2D eigenvalue weighted by Gasteiger charge is 2.09. The zero-order chi connectivity index (χ0) is 11.5. The molecule has 0 aromatic heterocycles. The highest BCUT2D eigenvalue weighted by atomic mass is 35.5. The topological polar surface area (TPSA) is 72.2 Å². The molecular weight excluding hydrogens is 243 g/mol. The van der Waals surface area contributed by atoms with Gasteiger partial charge in [0.1, 0.15) is 5.82 Å². The predicted molar refractivity (Wildman–Crippen MR) is 57.9 cm³/mol. The van der Waals surface area contributed by atoms with Gasteiger partial charge >= 0.3 is 0 Å². The third-order valence-electron chi connectivity index (χ3n) is 1.52. The number of sulfonamides is 1. The van der Waals surface area contributed by atoms with E-state index in [0.717, 1.165) is 12.1 Å². The van der Waals surface area contributed by atoms with Gasteiger partial charge in [-0.15, -0.1) is 0 Å². The van der Waals surface area contributed by atoms with E-state index < -0.39 is 15.8 Å². The number of hydrogen-bond acceptors (Lipinski definition) is 3. The molecule has 0 spiro atoms. The number of nitrogens with two attached hydrogens (primary N) is 1. The first kappa shape index (κ1) is 12.2. The number of rotatable bonds is 4. The maximum absolute atomic E-state index is 12.8. The maximum atomic E-state index is 12.8. The fraction of sp³-hybridized carbons (Fsp3) is 0.250. The molecule has 0 saturated heterocycles. The molecule has 0 aliphatic heterocycles. The van der Waals surface area contributed by atoms with E-state index >= 15 is 0 Å². The smallest absolute Gasteiger partial charge is 0.233 e. The summed E-state index contributed by atoms with van der Waals surface area (Å²) in [6.07, 6.45) is 0. The first-order chi connectivity index (χ1) is 6.93. The highest BCUT2D eigenvalue weighted by Crippen LogP contribution is 2.18. The predicted octanol–water partition coefficient (Wildman–Crippen LogP) is 1.18. The van der Waals surface area contributed by atoms with Gasteiger partial charge in [-0.3, -0.25) is 4.72 Å². The molecule has 0 aliphatic rings. The second-order valence-electron chi connectivity index (χ2n) is 2.87. The van der Waals surface area contributed by atoms with Crippen molar-refractivity contribution in [3.8, 4) is 0 Å². The second-order valence-corrected chi connectivity index (χ2v) is 5.15. The second kappa shape index (κ2) is 4.78. The van der Waals surface area contributed by atoms with Crippen LogP contribution in [0.3, 0.4) is 0 Å². The lowest BCUT2D eigenvalue weighted by Gasteiger charge is -2.07. The van der Waals surface area contributed by atoms with Crippen LogP contribution in [-0.2, 0) is 10.0 Å². The lowest BCUT2D eigenvalue weighted by molar-refractivity contribution is 0.601. The molecule has 0 fully saturated rings. The molecule has 15 heavy (non-hydrogen) atoms. The molecule has 1 rings (SSSR count). The molecule has 4 nitrogen and oxygen atoms in total. The van der Waals surface area contributed by atoms with Crippen molar-refractivity contribution < 1.29 is 12.8 Å². The Labute approximate surface area is 92.3 Å². The van der Waals surface area contributed by atoms with Crippen LogP contribution in [0, 0.1) is 5.82 Å². The Hall–Kier alpha value is -0.850. The third kappa shape index (κ3) is 4.03. The Morgan fingerprint density at radius 3 is 2.60 bits per heavy atom. The van der Waals surface area contributed by atoms with Gasteiger partial charge in [-0.2, -0.15) is 0 Å². The van der Waals surface area contributed by atoms with Gasteiger partial charge in [-0.05, 0) is 18.2 Å². The zero-order valence-corrected chi connectivity index (χ0v) is 9.28. The molecule has 84 valence electrons. The molecule has 0 heterocycles. The molecular formula is C8H10ClFN2O2S. The molecule has 0 unspecified atom stereocenters. The van der Waals surface area contributed by atoms with E-state index in [1.807, 2.05) is 0 Å². The lowest BCUT2D eigenvalue weighted by Crippen LogP contribution is -2.22. The van der Waals surface area contributed by atoms with Crippen LogP contribution >= 0.6 is 11.6 Å². The molecule has 7 heteroatoms. The number of benzene rings is 1. The minimum Gasteiger partial charge on any atom is -0.329 e. The molecule has 0 saturated carbocycles. The van der Waals surface area contributed by atoms with E-state index in [4.69, 9.17) is 17.3 Å². The van der Waals surface area contributed by atoms with Crippen molar-refractivity contribution in [2.45, 2.75) is 0 Å². The maximum Gasteiger partial charge on any atom is 0.233 e. The number of anilines is 1. The highest BCUT2D eigenvalue weighted by molar-refractivity contribution is 7.92. The Bertz CT molecular complexity index is 430. The first-order valence-electron chi connectivity index (χ1n) is 4.09. The van der Waals surface area contributed by atoms with Crippen molar-refractivity contribution in [2.75, 3.05) is 17.0 Å².